The van der Waals surface area contributed by atoms with Crippen LogP contribution in [0.4, 0.5) is 26.3 Å². The first-order valence-electron chi connectivity index (χ1n) is 7.01. The van der Waals surface area contributed by atoms with Gasteiger partial charge in [-0.2, -0.15) is 26.3 Å². The summed E-state index contributed by atoms with van der Waals surface area (Å²) in [7, 11) is 0. The summed E-state index contributed by atoms with van der Waals surface area (Å²) in [5.74, 6) is -2.69. The largest absolute Gasteiger partial charge is 0.480 e. The van der Waals surface area contributed by atoms with E-state index in [2.05, 4.69) is 0 Å². The SMILES string of the molecule is CC(CC(N)C(=O)O)C(C)c1ccc(C(F)(F)F)cc1C(F)(F)F. The average molecular weight is 357 g/mol. The Balaban J connectivity index is 3.25. The third-order valence-electron chi connectivity index (χ3n) is 3.97. The highest BCUT2D eigenvalue weighted by molar-refractivity contribution is 5.73. The number of nitrogens with two attached hydrogens (primary N) is 1. The number of hydrogen-bond acceptors (Lipinski definition) is 2. The molecule has 3 N–H and O–H groups in total. The van der Waals surface area contributed by atoms with Crippen LogP contribution in [-0.2, 0) is 17.1 Å². The van der Waals surface area contributed by atoms with Crippen LogP contribution in [0.5, 0.6) is 0 Å². The van der Waals surface area contributed by atoms with Gasteiger partial charge in [-0.25, -0.2) is 0 Å². The van der Waals surface area contributed by atoms with Gasteiger partial charge in [-0.15, -0.1) is 0 Å². The Kier molecular flexibility index (Phi) is 5.91. The van der Waals surface area contributed by atoms with Crippen molar-refractivity contribution in [1.82, 2.24) is 0 Å². The molecular formula is C15H17F6NO2. The monoisotopic (exact) mass is 357 g/mol. The smallest absolute Gasteiger partial charge is 0.416 e. The zero-order chi connectivity index (χ0) is 18.9. The van der Waals surface area contributed by atoms with E-state index in [0.717, 1.165) is 6.07 Å². The molecule has 0 saturated carbocycles. The molecule has 1 aromatic carbocycles. The van der Waals surface area contributed by atoms with Crippen LogP contribution in [-0.4, -0.2) is 17.1 Å². The standard InChI is InChI=1S/C15H17F6NO2/c1-7(5-12(22)13(23)24)8(2)10-4-3-9(14(16,17)18)6-11(10)15(19,20)21/h3-4,6-8,12H,5,22H2,1-2H3,(H,23,24). The van der Waals surface area contributed by atoms with Gasteiger partial charge in [0.2, 0.25) is 0 Å². The van der Waals surface area contributed by atoms with E-state index >= 15 is 0 Å². The zero-order valence-corrected chi connectivity index (χ0v) is 12.9. The molecule has 24 heavy (non-hydrogen) atoms. The van der Waals surface area contributed by atoms with Crippen LogP contribution in [0.2, 0.25) is 0 Å². The minimum atomic E-state index is -4.96. The molecular weight excluding hydrogens is 340 g/mol. The van der Waals surface area contributed by atoms with E-state index in [1.54, 1.807) is 0 Å². The lowest BCUT2D eigenvalue weighted by Gasteiger charge is -2.25. The summed E-state index contributed by atoms with van der Waals surface area (Å²) in [4.78, 5) is 10.7. The number of alkyl halides is 6. The first kappa shape index (κ1) is 20.3. The number of carboxylic acids is 1. The first-order chi connectivity index (χ1) is 10.7. The van der Waals surface area contributed by atoms with Crippen LogP contribution in [0.3, 0.4) is 0 Å². The van der Waals surface area contributed by atoms with E-state index < -0.39 is 47.3 Å². The molecule has 0 fully saturated rings. The minimum Gasteiger partial charge on any atom is -0.480 e. The number of carbonyl (C=O) groups is 1. The van der Waals surface area contributed by atoms with Gasteiger partial charge in [-0.05, 0) is 36.0 Å². The molecule has 0 aliphatic carbocycles. The average Bonchev–Trinajstić information content (AvgIpc) is 2.43. The Morgan fingerprint density at radius 2 is 1.67 bits per heavy atom. The van der Waals surface area contributed by atoms with E-state index in [0.29, 0.717) is 6.07 Å². The highest BCUT2D eigenvalue weighted by Crippen LogP contribution is 2.41. The van der Waals surface area contributed by atoms with Crippen LogP contribution in [0.15, 0.2) is 18.2 Å². The summed E-state index contributed by atoms with van der Waals surface area (Å²) < 4.78 is 77.4. The topological polar surface area (TPSA) is 63.3 Å². The van der Waals surface area contributed by atoms with E-state index in [4.69, 9.17) is 10.8 Å². The number of benzene rings is 1. The van der Waals surface area contributed by atoms with Gasteiger partial charge in [0.1, 0.15) is 6.04 Å². The fraction of sp³-hybridized carbons (Fsp3) is 0.533. The van der Waals surface area contributed by atoms with Gasteiger partial charge in [0.05, 0.1) is 11.1 Å². The molecule has 136 valence electrons. The maximum absolute atomic E-state index is 13.1. The molecule has 1 rings (SSSR count). The first-order valence-corrected chi connectivity index (χ1v) is 7.01. The predicted molar refractivity (Wildman–Crippen MR) is 74.3 cm³/mol. The lowest BCUT2D eigenvalue weighted by atomic mass is 9.82. The molecule has 0 amide bonds. The quantitative estimate of drug-likeness (QED) is 0.774. The van der Waals surface area contributed by atoms with Crippen molar-refractivity contribution in [3.05, 3.63) is 34.9 Å². The summed E-state index contributed by atoms with van der Waals surface area (Å²) >= 11 is 0. The summed E-state index contributed by atoms with van der Waals surface area (Å²) in [5.41, 5.74) is 2.29. The van der Waals surface area contributed by atoms with Crippen molar-refractivity contribution in [2.24, 2.45) is 11.7 Å². The van der Waals surface area contributed by atoms with Crippen LogP contribution in [0, 0.1) is 5.92 Å². The van der Waals surface area contributed by atoms with E-state index in [1.165, 1.54) is 13.8 Å². The molecule has 3 atom stereocenters. The van der Waals surface area contributed by atoms with E-state index in [9.17, 15) is 31.1 Å². The van der Waals surface area contributed by atoms with Crippen LogP contribution in [0.25, 0.3) is 0 Å². The van der Waals surface area contributed by atoms with Gasteiger partial charge < -0.3 is 10.8 Å². The molecule has 0 spiro atoms. The Morgan fingerprint density at radius 3 is 2.08 bits per heavy atom. The molecule has 0 heterocycles. The molecule has 9 heteroatoms. The Hall–Kier alpha value is -1.77. The predicted octanol–water partition coefficient (Wildman–Crippen LogP) is 4.27. The number of rotatable bonds is 5. The third kappa shape index (κ3) is 4.86. The summed E-state index contributed by atoms with van der Waals surface area (Å²) in [6, 6.07) is 0.200. The fourth-order valence-corrected chi connectivity index (χ4v) is 2.39. The molecule has 3 nitrogen and oxygen atoms in total. The number of carboxylic acid groups (broad SMARTS) is 1. The van der Waals surface area contributed by atoms with Gasteiger partial charge in [0, 0.05) is 0 Å². The van der Waals surface area contributed by atoms with Crippen molar-refractivity contribution in [2.45, 2.75) is 44.6 Å². The minimum absolute atomic E-state index is 0.0790. The zero-order valence-electron chi connectivity index (χ0n) is 12.9. The van der Waals surface area contributed by atoms with Crippen LogP contribution < -0.4 is 5.73 Å². The van der Waals surface area contributed by atoms with Crippen molar-refractivity contribution >= 4 is 5.97 Å². The molecule has 0 aliphatic heterocycles. The molecule has 1 aromatic rings. The molecule has 0 aromatic heterocycles. The van der Waals surface area contributed by atoms with Gasteiger partial charge in [-0.3, -0.25) is 4.79 Å². The third-order valence-corrected chi connectivity index (χ3v) is 3.97. The van der Waals surface area contributed by atoms with Gasteiger partial charge >= 0.3 is 18.3 Å². The Bertz CT molecular complexity index is 597. The Labute approximate surface area is 134 Å². The van der Waals surface area contributed by atoms with Gasteiger partial charge in [0.15, 0.2) is 0 Å². The van der Waals surface area contributed by atoms with Gasteiger partial charge in [-0.1, -0.05) is 19.9 Å². The molecule has 0 bridgehead atoms. The maximum Gasteiger partial charge on any atom is 0.416 e. The number of halogens is 6. The second-order valence-corrected chi connectivity index (χ2v) is 5.74. The molecule has 3 unspecified atom stereocenters. The van der Waals surface area contributed by atoms with Crippen molar-refractivity contribution in [3.63, 3.8) is 0 Å². The van der Waals surface area contributed by atoms with Crippen molar-refractivity contribution in [3.8, 4) is 0 Å². The highest BCUT2D eigenvalue weighted by atomic mass is 19.4. The lowest BCUT2D eigenvalue weighted by molar-refractivity contribution is -0.144. The molecule has 0 radical (unpaired) electrons. The summed E-state index contributed by atoms with van der Waals surface area (Å²) in [6.07, 6.45) is -9.95. The van der Waals surface area contributed by atoms with Crippen molar-refractivity contribution in [1.29, 1.82) is 0 Å². The fourth-order valence-electron chi connectivity index (χ4n) is 2.39. The second-order valence-electron chi connectivity index (χ2n) is 5.74. The van der Waals surface area contributed by atoms with E-state index in [1.807, 2.05) is 0 Å². The van der Waals surface area contributed by atoms with Crippen LogP contribution >= 0.6 is 0 Å². The van der Waals surface area contributed by atoms with E-state index in [-0.39, 0.29) is 18.1 Å². The van der Waals surface area contributed by atoms with Crippen LogP contribution in [0.1, 0.15) is 42.9 Å². The second kappa shape index (κ2) is 7.00. The van der Waals surface area contributed by atoms with Crippen molar-refractivity contribution < 1.29 is 36.2 Å². The Morgan fingerprint density at radius 1 is 1.12 bits per heavy atom. The lowest BCUT2D eigenvalue weighted by Crippen LogP contribution is -2.33. The number of hydrogen-bond donors (Lipinski definition) is 2. The molecule has 0 saturated heterocycles. The highest BCUT2D eigenvalue weighted by Gasteiger charge is 2.39. The van der Waals surface area contributed by atoms with Crippen molar-refractivity contribution in [2.75, 3.05) is 0 Å². The maximum atomic E-state index is 13.1. The summed E-state index contributed by atoms with van der Waals surface area (Å²) in [5, 5.41) is 8.76. The summed E-state index contributed by atoms with van der Waals surface area (Å²) in [6.45, 7) is 2.91. The van der Waals surface area contributed by atoms with Gasteiger partial charge in [0.25, 0.3) is 0 Å². The molecule has 0 aliphatic rings. The normalized spacial score (nSPS) is 16.5. The number of aliphatic carboxylic acids is 1.